The van der Waals surface area contributed by atoms with E-state index in [1.807, 2.05) is 0 Å². The molecule has 0 aliphatic rings. The molecule has 6 nitrogen and oxygen atoms in total. The topological polar surface area (TPSA) is 73.0 Å². The zero-order valence-corrected chi connectivity index (χ0v) is 19.5. The number of rotatable bonds is 7. The lowest BCUT2D eigenvalue weighted by Crippen LogP contribution is -2.24. The number of halogens is 5. The Morgan fingerprint density at radius 3 is 2.59 bits per heavy atom. The fourth-order valence-corrected chi connectivity index (χ4v) is 4.24. The zero-order valence-electron chi connectivity index (χ0n) is 17.1. The monoisotopic (exact) mass is 526 g/mol. The fraction of sp³-hybridized carbons (Fsp3) is 0.136. The lowest BCUT2D eigenvalue weighted by Gasteiger charge is -2.12. The van der Waals surface area contributed by atoms with Crippen molar-refractivity contribution in [2.75, 3.05) is 0 Å². The van der Waals surface area contributed by atoms with Gasteiger partial charge in [-0.1, -0.05) is 53.2 Å². The van der Waals surface area contributed by atoms with E-state index in [4.69, 9.17) is 27.6 Å². The van der Waals surface area contributed by atoms with Crippen LogP contribution in [0.5, 0.6) is 0 Å². The maximum Gasteiger partial charge on any atom is 0.416 e. The molecule has 2 aromatic carbocycles. The molecule has 0 spiro atoms. The van der Waals surface area contributed by atoms with Crippen LogP contribution in [0.3, 0.4) is 0 Å². The summed E-state index contributed by atoms with van der Waals surface area (Å²) in [5.41, 5.74) is 0.322. The van der Waals surface area contributed by atoms with E-state index >= 15 is 0 Å². The number of alkyl halides is 3. The van der Waals surface area contributed by atoms with Crippen molar-refractivity contribution in [3.05, 3.63) is 93.6 Å². The highest BCUT2D eigenvalue weighted by atomic mass is 35.5. The van der Waals surface area contributed by atoms with Crippen LogP contribution in [0.15, 0.2) is 70.4 Å². The van der Waals surface area contributed by atoms with E-state index in [9.17, 15) is 18.0 Å². The maximum absolute atomic E-state index is 13.0. The molecule has 34 heavy (non-hydrogen) atoms. The lowest BCUT2D eigenvalue weighted by atomic mass is 10.1. The van der Waals surface area contributed by atoms with Crippen molar-refractivity contribution in [1.29, 1.82) is 0 Å². The van der Waals surface area contributed by atoms with Gasteiger partial charge in [-0.05, 0) is 42.0 Å². The van der Waals surface area contributed by atoms with Crippen LogP contribution in [0.1, 0.15) is 27.5 Å². The van der Waals surface area contributed by atoms with Crippen LogP contribution < -0.4 is 5.32 Å². The number of amides is 1. The van der Waals surface area contributed by atoms with Gasteiger partial charge < -0.3 is 9.73 Å². The quantitative estimate of drug-likeness (QED) is 0.282. The van der Waals surface area contributed by atoms with E-state index in [2.05, 4.69) is 15.5 Å². The normalized spacial score (nSPS) is 11.6. The van der Waals surface area contributed by atoms with Crippen molar-refractivity contribution >= 4 is 40.9 Å². The first-order valence-electron chi connectivity index (χ1n) is 9.73. The molecule has 0 atom stereocenters. The summed E-state index contributed by atoms with van der Waals surface area (Å²) in [6.07, 6.45) is -3.05. The van der Waals surface area contributed by atoms with Gasteiger partial charge >= 0.3 is 6.18 Å². The van der Waals surface area contributed by atoms with Gasteiger partial charge in [-0.25, -0.2) is 0 Å². The van der Waals surface area contributed by atoms with Crippen LogP contribution in [-0.2, 0) is 18.5 Å². The van der Waals surface area contributed by atoms with Gasteiger partial charge in [0.15, 0.2) is 16.7 Å². The summed E-state index contributed by atoms with van der Waals surface area (Å²) in [6.45, 7) is 0.0108. The van der Waals surface area contributed by atoms with Gasteiger partial charge in [0.2, 0.25) is 0 Å². The first kappa shape index (κ1) is 24.2. The molecule has 0 aliphatic carbocycles. The molecular formula is C22H15Cl2F3N4O2S. The Morgan fingerprint density at radius 1 is 1.06 bits per heavy atom. The smallest absolute Gasteiger partial charge is 0.416 e. The summed E-state index contributed by atoms with van der Waals surface area (Å²) in [7, 11) is 0. The van der Waals surface area contributed by atoms with E-state index in [0.29, 0.717) is 32.3 Å². The molecule has 0 bridgehead atoms. The summed E-state index contributed by atoms with van der Waals surface area (Å²) < 4.78 is 45.9. The van der Waals surface area contributed by atoms with Crippen LogP contribution in [-0.4, -0.2) is 20.7 Å². The van der Waals surface area contributed by atoms with Gasteiger partial charge in [0.25, 0.3) is 5.91 Å². The minimum Gasteiger partial charge on any atom is -0.459 e. The van der Waals surface area contributed by atoms with Crippen molar-refractivity contribution in [1.82, 2.24) is 20.1 Å². The number of aromatic nitrogens is 3. The molecule has 1 N–H and O–H groups in total. The van der Waals surface area contributed by atoms with E-state index in [1.165, 1.54) is 30.2 Å². The summed E-state index contributed by atoms with van der Waals surface area (Å²) in [6, 6.07) is 13.1. The Kier molecular flexibility index (Phi) is 7.20. The Bertz CT molecular complexity index is 1310. The number of carbonyl (C=O) groups is 1. The highest BCUT2D eigenvalue weighted by Gasteiger charge is 2.30. The SMILES string of the molecule is O=C(NCc1nnc(SCc2cccc(C(F)(F)F)c2)n1-c1ccc(Cl)c(Cl)c1)c1ccco1. The van der Waals surface area contributed by atoms with Gasteiger partial charge in [-0.3, -0.25) is 9.36 Å². The van der Waals surface area contributed by atoms with Crippen molar-refractivity contribution < 1.29 is 22.4 Å². The second-order valence-electron chi connectivity index (χ2n) is 6.98. The van der Waals surface area contributed by atoms with Gasteiger partial charge in [0.05, 0.1) is 34.1 Å². The van der Waals surface area contributed by atoms with E-state index in [0.717, 1.165) is 12.1 Å². The van der Waals surface area contributed by atoms with Crippen LogP contribution in [0.4, 0.5) is 13.2 Å². The molecule has 176 valence electrons. The number of benzene rings is 2. The second-order valence-corrected chi connectivity index (χ2v) is 8.74. The molecule has 4 rings (SSSR count). The average molecular weight is 527 g/mol. The van der Waals surface area contributed by atoms with E-state index in [-0.39, 0.29) is 18.1 Å². The highest BCUT2D eigenvalue weighted by molar-refractivity contribution is 7.98. The summed E-state index contributed by atoms with van der Waals surface area (Å²) in [5, 5.41) is 12.1. The molecule has 2 heterocycles. The number of nitrogens with zero attached hydrogens (tertiary/aromatic N) is 3. The maximum atomic E-state index is 13.0. The highest BCUT2D eigenvalue weighted by Crippen LogP contribution is 2.32. The number of thioether (sulfide) groups is 1. The Hall–Kier alpha value is -2.95. The standard InChI is InChI=1S/C22H15Cl2F3N4O2S/c23-16-7-6-15(10-17(16)24)31-19(11-28-20(32)18-5-2-8-33-18)29-30-21(31)34-12-13-3-1-4-14(9-13)22(25,26)27/h1-10H,11-12H2,(H,28,32). The molecule has 4 aromatic rings. The minimum absolute atomic E-state index is 0.0108. The summed E-state index contributed by atoms with van der Waals surface area (Å²) in [5.74, 6) is 0.290. The van der Waals surface area contributed by atoms with E-state index in [1.54, 1.807) is 34.9 Å². The second kappa shape index (κ2) is 10.1. The third-order valence-corrected chi connectivity index (χ3v) is 6.38. The first-order chi connectivity index (χ1) is 16.2. The molecule has 1 amide bonds. The van der Waals surface area contributed by atoms with Crippen LogP contribution in [0.25, 0.3) is 5.69 Å². The number of carbonyl (C=O) groups excluding carboxylic acids is 1. The predicted octanol–water partition coefficient (Wildman–Crippen LogP) is 6.41. The zero-order chi connectivity index (χ0) is 24.3. The molecule has 0 saturated heterocycles. The molecule has 0 saturated carbocycles. The molecule has 0 unspecified atom stereocenters. The van der Waals surface area contributed by atoms with Crippen molar-refractivity contribution in [3.63, 3.8) is 0 Å². The largest absolute Gasteiger partial charge is 0.459 e. The molecule has 12 heteroatoms. The van der Waals surface area contributed by atoms with Gasteiger partial charge in [0, 0.05) is 5.75 Å². The number of furan rings is 1. The van der Waals surface area contributed by atoms with Gasteiger partial charge in [-0.2, -0.15) is 13.2 Å². The van der Waals surface area contributed by atoms with Crippen molar-refractivity contribution in [2.45, 2.75) is 23.6 Å². The average Bonchev–Trinajstić information content (AvgIpc) is 3.48. The van der Waals surface area contributed by atoms with Crippen LogP contribution >= 0.6 is 35.0 Å². The lowest BCUT2D eigenvalue weighted by molar-refractivity contribution is -0.137. The van der Waals surface area contributed by atoms with Gasteiger partial charge in [-0.15, -0.1) is 10.2 Å². The molecule has 0 radical (unpaired) electrons. The molecule has 0 aliphatic heterocycles. The predicted molar refractivity (Wildman–Crippen MR) is 122 cm³/mol. The fourth-order valence-electron chi connectivity index (χ4n) is 3.03. The van der Waals surface area contributed by atoms with E-state index < -0.39 is 17.6 Å². The summed E-state index contributed by atoms with van der Waals surface area (Å²) in [4.78, 5) is 12.3. The van der Waals surface area contributed by atoms with Crippen LogP contribution in [0.2, 0.25) is 10.0 Å². The first-order valence-corrected chi connectivity index (χ1v) is 11.5. The molecule has 0 fully saturated rings. The van der Waals surface area contributed by atoms with Gasteiger partial charge in [0.1, 0.15) is 0 Å². The Labute approximate surface area is 206 Å². The third-order valence-electron chi connectivity index (χ3n) is 4.64. The third kappa shape index (κ3) is 5.57. The molecular weight excluding hydrogens is 512 g/mol. The van der Waals surface area contributed by atoms with Crippen molar-refractivity contribution in [3.8, 4) is 5.69 Å². The summed E-state index contributed by atoms with van der Waals surface area (Å²) >= 11 is 13.4. The van der Waals surface area contributed by atoms with Crippen molar-refractivity contribution in [2.24, 2.45) is 0 Å². The Morgan fingerprint density at radius 2 is 1.88 bits per heavy atom. The number of hydrogen-bond acceptors (Lipinski definition) is 5. The minimum atomic E-state index is -4.43. The van der Waals surface area contributed by atoms with Crippen LogP contribution in [0, 0.1) is 0 Å². The number of hydrogen-bond donors (Lipinski definition) is 1. The Balaban J connectivity index is 1.60. The molecule has 2 aromatic heterocycles. The number of nitrogens with one attached hydrogen (secondary N) is 1.